The Kier molecular flexibility index (Phi) is 4.55. The molecule has 1 saturated carbocycles. The van der Waals surface area contributed by atoms with E-state index in [2.05, 4.69) is 0 Å². The van der Waals surface area contributed by atoms with E-state index in [1.165, 1.54) is 24.3 Å². The van der Waals surface area contributed by atoms with Crippen LogP contribution in [0.2, 0.25) is 5.02 Å². The number of carboxylic acids is 1. The first-order valence-corrected chi connectivity index (χ1v) is 9.94. The van der Waals surface area contributed by atoms with Crippen LogP contribution in [0.3, 0.4) is 0 Å². The third kappa shape index (κ3) is 2.68. The molecular formula is C19H16ClNO4S. The number of carbonyl (C=O) groups is 1. The van der Waals surface area contributed by atoms with Crippen LogP contribution in [-0.2, 0) is 21.1 Å². The molecule has 0 saturated heterocycles. The van der Waals surface area contributed by atoms with Crippen LogP contribution in [0.5, 0.6) is 0 Å². The van der Waals surface area contributed by atoms with Crippen LogP contribution in [0.25, 0.3) is 0 Å². The van der Waals surface area contributed by atoms with E-state index in [1.54, 1.807) is 18.2 Å². The van der Waals surface area contributed by atoms with Crippen LogP contribution in [0.15, 0.2) is 53.4 Å². The number of nitrogens with zero attached hydrogens (tertiary/aromatic N) is 1. The topological polar surface area (TPSA) is 95.2 Å². The predicted octanol–water partition coefficient (Wildman–Crippen LogP) is 3.44. The number of aryl methyl sites for hydroxylation is 1. The second kappa shape index (κ2) is 6.42. The van der Waals surface area contributed by atoms with Crippen LogP contribution in [0.4, 0.5) is 0 Å². The maximum absolute atomic E-state index is 13.0. The summed E-state index contributed by atoms with van der Waals surface area (Å²) in [7, 11) is -4.02. The summed E-state index contributed by atoms with van der Waals surface area (Å²) in [5.74, 6) is -2.34. The van der Waals surface area contributed by atoms with Crippen molar-refractivity contribution >= 4 is 27.4 Å². The van der Waals surface area contributed by atoms with E-state index in [1.807, 2.05) is 19.1 Å². The molecule has 0 amide bonds. The molecule has 1 aliphatic carbocycles. The number of carboxylic acid groups (broad SMARTS) is 1. The molecule has 1 aliphatic rings. The first-order valence-electron chi connectivity index (χ1n) is 8.02. The Morgan fingerprint density at radius 3 is 2.23 bits per heavy atom. The second-order valence-corrected chi connectivity index (χ2v) is 8.78. The fourth-order valence-electron chi connectivity index (χ4n) is 3.38. The lowest BCUT2D eigenvalue weighted by molar-refractivity contribution is -0.141. The Labute approximate surface area is 156 Å². The Morgan fingerprint density at radius 1 is 1.19 bits per heavy atom. The number of aliphatic carboxylic acids is 1. The van der Waals surface area contributed by atoms with Gasteiger partial charge in [-0.2, -0.15) is 5.26 Å². The van der Waals surface area contributed by atoms with Crippen molar-refractivity contribution in [2.24, 2.45) is 5.41 Å². The highest BCUT2D eigenvalue weighted by molar-refractivity contribution is 7.92. The standard InChI is InChI=1S/C19H16ClNO4S/c1-2-12-3-5-13(6-4-12)16-17(19(16,11-21)18(22)23)26(24,25)15-9-7-14(20)8-10-15/h3-10,16-17H,2H2,1H3,(H,22,23)/t16-,17-,19-/m1/s1. The van der Waals surface area contributed by atoms with Gasteiger partial charge in [0.1, 0.15) is 5.25 Å². The third-order valence-corrected chi connectivity index (χ3v) is 7.39. The summed E-state index contributed by atoms with van der Waals surface area (Å²) in [4.78, 5) is 11.8. The summed E-state index contributed by atoms with van der Waals surface area (Å²) in [6.45, 7) is 1.98. The summed E-state index contributed by atoms with van der Waals surface area (Å²) in [6.07, 6.45) is 0.805. The van der Waals surface area contributed by atoms with Gasteiger partial charge in [0.15, 0.2) is 15.3 Å². The lowest BCUT2D eigenvalue weighted by atomic mass is 9.99. The highest BCUT2D eigenvalue weighted by Gasteiger charge is 2.77. The highest BCUT2D eigenvalue weighted by atomic mass is 35.5. The molecule has 7 heteroatoms. The zero-order chi connectivity index (χ0) is 19.1. The molecule has 5 nitrogen and oxygen atoms in total. The van der Waals surface area contributed by atoms with Crippen molar-refractivity contribution in [1.29, 1.82) is 5.26 Å². The minimum Gasteiger partial charge on any atom is -0.480 e. The largest absolute Gasteiger partial charge is 0.480 e. The summed E-state index contributed by atoms with van der Waals surface area (Å²) in [6, 6.07) is 14.3. The van der Waals surface area contributed by atoms with Gasteiger partial charge in [-0.25, -0.2) is 8.42 Å². The molecular weight excluding hydrogens is 374 g/mol. The Morgan fingerprint density at radius 2 is 1.77 bits per heavy atom. The molecule has 3 rings (SSSR count). The van der Waals surface area contributed by atoms with Crippen LogP contribution in [-0.4, -0.2) is 24.7 Å². The molecule has 0 radical (unpaired) electrons. The maximum atomic E-state index is 13.0. The molecule has 1 fully saturated rings. The van der Waals surface area contributed by atoms with E-state index in [4.69, 9.17) is 11.6 Å². The molecule has 3 atom stereocenters. The van der Waals surface area contributed by atoms with Crippen LogP contribution < -0.4 is 0 Å². The number of sulfone groups is 1. The number of rotatable bonds is 5. The highest BCUT2D eigenvalue weighted by Crippen LogP contribution is 2.64. The molecule has 0 bridgehead atoms. The van der Waals surface area contributed by atoms with Crippen molar-refractivity contribution in [3.05, 3.63) is 64.7 Å². The van der Waals surface area contributed by atoms with Crippen molar-refractivity contribution < 1.29 is 18.3 Å². The van der Waals surface area contributed by atoms with E-state index in [-0.39, 0.29) is 4.90 Å². The van der Waals surface area contributed by atoms with Crippen LogP contribution in [0.1, 0.15) is 24.0 Å². The second-order valence-electron chi connectivity index (χ2n) is 6.28. The Balaban J connectivity index is 2.10. The van der Waals surface area contributed by atoms with Crippen molar-refractivity contribution in [3.8, 4) is 6.07 Å². The minimum absolute atomic E-state index is 0.0412. The molecule has 2 aromatic carbocycles. The Hall–Kier alpha value is -2.36. The SMILES string of the molecule is CCc1ccc([C@@H]2[C@@H](S(=O)(=O)c3ccc(Cl)cc3)[C@]2(C#N)C(=O)O)cc1. The normalized spacial score (nSPS) is 24.7. The fraction of sp³-hybridized carbons (Fsp3) is 0.263. The lowest BCUT2D eigenvalue weighted by Crippen LogP contribution is -2.22. The summed E-state index contributed by atoms with van der Waals surface area (Å²) < 4.78 is 26.1. The number of hydrogen-bond donors (Lipinski definition) is 1. The molecule has 134 valence electrons. The van der Waals surface area contributed by atoms with E-state index in [0.717, 1.165) is 12.0 Å². The van der Waals surface area contributed by atoms with Crippen LogP contribution >= 0.6 is 11.6 Å². The number of halogens is 1. The minimum atomic E-state index is -4.02. The van der Waals surface area contributed by atoms with E-state index in [9.17, 15) is 23.6 Å². The monoisotopic (exact) mass is 389 g/mol. The van der Waals surface area contributed by atoms with Crippen LogP contribution in [0, 0.1) is 16.7 Å². The number of nitriles is 1. The van der Waals surface area contributed by atoms with Gasteiger partial charge in [-0.05, 0) is 41.8 Å². The third-order valence-electron chi connectivity index (χ3n) is 4.90. The average molecular weight is 390 g/mol. The van der Waals surface area contributed by atoms with Gasteiger partial charge in [0.25, 0.3) is 0 Å². The lowest BCUT2D eigenvalue weighted by Gasteiger charge is -2.05. The average Bonchev–Trinajstić information content (AvgIpc) is 3.34. The van der Waals surface area contributed by atoms with Gasteiger partial charge in [0, 0.05) is 10.9 Å². The zero-order valence-electron chi connectivity index (χ0n) is 13.9. The smallest absolute Gasteiger partial charge is 0.326 e. The van der Waals surface area contributed by atoms with Crippen molar-refractivity contribution in [1.82, 2.24) is 0 Å². The zero-order valence-corrected chi connectivity index (χ0v) is 15.5. The van der Waals surface area contributed by atoms with Gasteiger partial charge in [0.2, 0.25) is 0 Å². The summed E-state index contributed by atoms with van der Waals surface area (Å²) in [5.41, 5.74) is -0.412. The Bertz CT molecular complexity index is 993. The molecule has 0 aromatic heterocycles. The molecule has 0 unspecified atom stereocenters. The van der Waals surface area contributed by atoms with E-state index in [0.29, 0.717) is 10.6 Å². The summed E-state index contributed by atoms with van der Waals surface area (Å²) >= 11 is 5.80. The van der Waals surface area contributed by atoms with Crippen molar-refractivity contribution in [2.45, 2.75) is 29.4 Å². The van der Waals surface area contributed by atoms with Gasteiger partial charge in [-0.1, -0.05) is 42.8 Å². The van der Waals surface area contributed by atoms with Gasteiger partial charge < -0.3 is 5.11 Å². The van der Waals surface area contributed by atoms with Gasteiger partial charge in [-0.3, -0.25) is 4.79 Å². The first-order chi connectivity index (χ1) is 12.3. The van der Waals surface area contributed by atoms with Crippen molar-refractivity contribution in [2.75, 3.05) is 0 Å². The maximum Gasteiger partial charge on any atom is 0.326 e. The fourth-order valence-corrected chi connectivity index (χ4v) is 5.76. The molecule has 0 spiro atoms. The molecule has 0 heterocycles. The molecule has 1 N–H and O–H groups in total. The predicted molar refractivity (Wildman–Crippen MR) is 96.7 cm³/mol. The van der Waals surface area contributed by atoms with Gasteiger partial charge in [-0.15, -0.1) is 0 Å². The number of hydrogen-bond acceptors (Lipinski definition) is 4. The number of benzene rings is 2. The first kappa shape index (κ1) is 18.4. The van der Waals surface area contributed by atoms with Gasteiger partial charge >= 0.3 is 5.97 Å². The molecule has 2 aromatic rings. The molecule has 0 aliphatic heterocycles. The van der Waals surface area contributed by atoms with Crippen molar-refractivity contribution in [3.63, 3.8) is 0 Å². The van der Waals surface area contributed by atoms with E-state index < -0.39 is 32.4 Å². The van der Waals surface area contributed by atoms with E-state index >= 15 is 0 Å². The molecule has 26 heavy (non-hydrogen) atoms. The summed E-state index contributed by atoms with van der Waals surface area (Å²) in [5, 5.41) is 18.3. The quantitative estimate of drug-likeness (QED) is 0.845. The van der Waals surface area contributed by atoms with Gasteiger partial charge in [0.05, 0.1) is 11.0 Å².